The van der Waals surface area contributed by atoms with E-state index in [0.717, 1.165) is 25.9 Å². The average molecular weight is 384 g/mol. The summed E-state index contributed by atoms with van der Waals surface area (Å²) in [5.41, 5.74) is 0.446. The zero-order chi connectivity index (χ0) is 19.4. The third kappa shape index (κ3) is 8.55. The van der Waals surface area contributed by atoms with Gasteiger partial charge in [0, 0.05) is 38.3 Å². The Morgan fingerprint density at radius 1 is 1.04 bits per heavy atom. The van der Waals surface area contributed by atoms with E-state index in [9.17, 15) is 18.0 Å². The molecule has 0 fully saturated rings. The number of rotatable bonds is 13. The second-order valence-corrected chi connectivity index (χ2v) is 7.66. The number of carbonyl (C=O) groups excluding carboxylic acids is 2. The first-order valence-electron chi connectivity index (χ1n) is 8.82. The second kappa shape index (κ2) is 11.8. The van der Waals surface area contributed by atoms with E-state index in [1.54, 1.807) is 0 Å². The molecule has 0 heterocycles. The van der Waals surface area contributed by atoms with Gasteiger partial charge in [0.2, 0.25) is 15.9 Å². The Balaban J connectivity index is 2.26. The first kappa shape index (κ1) is 22.3. The minimum Gasteiger partial charge on any atom is -0.381 e. The smallest absolute Gasteiger partial charge is 0.240 e. The molecule has 7 nitrogen and oxygen atoms in total. The van der Waals surface area contributed by atoms with Crippen LogP contribution >= 0.6 is 0 Å². The molecule has 0 atom stereocenters. The van der Waals surface area contributed by atoms with Gasteiger partial charge < -0.3 is 10.1 Å². The number of hydrogen-bond acceptors (Lipinski definition) is 5. The van der Waals surface area contributed by atoms with Gasteiger partial charge in [0.05, 0.1) is 4.90 Å². The quantitative estimate of drug-likeness (QED) is 0.399. The van der Waals surface area contributed by atoms with Crippen LogP contribution in [0.5, 0.6) is 0 Å². The van der Waals surface area contributed by atoms with E-state index in [0.29, 0.717) is 18.7 Å². The summed E-state index contributed by atoms with van der Waals surface area (Å²) in [5, 5.41) is 2.73. The number of unbranched alkanes of at least 4 members (excludes halogenated alkanes) is 1. The predicted molar refractivity (Wildman–Crippen MR) is 99.6 cm³/mol. The van der Waals surface area contributed by atoms with Crippen molar-refractivity contribution in [3.05, 3.63) is 29.8 Å². The maximum absolute atomic E-state index is 12.1. The van der Waals surface area contributed by atoms with Crippen LogP contribution in [0, 0.1) is 0 Å². The third-order valence-corrected chi connectivity index (χ3v) is 5.12. The molecule has 0 aliphatic heterocycles. The van der Waals surface area contributed by atoms with Crippen molar-refractivity contribution >= 4 is 21.7 Å². The standard InChI is InChI=1S/C18H28N2O5S/c1-3-4-13-25-14-5-11-19-18(22)10-12-20-26(23,24)17-8-6-16(7-9-17)15(2)21/h6-9,20H,3-5,10-14H2,1-2H3,(H,19,22). The summed E-state index contributed by atoms with van der Waals surface area (Å²) in [6.07, 6.45) is 2.91. The molecule has 1 amide bonds. The summed E-state index contributed by atoms with van der Waals surface area (Å²) >= 11 is 0. The topological polar surface area (TPSA) is 102 Å². The minimum atomic E-state index is -3.70. The molecule has 1 rings (SSSR count). The highest BCUT2D eigenvalue weighted by molar-refractivity contribution is 7.89. The highest BCUT2D eigenvalue weighted by Gasteiger charge is 2.14. The minimum absolute atomic E-state index is 0.00955. The number of hydrogen-bond donors (Lipinski definition) is 2. The van der Waals surface area contributed by atoms with Crippen molar-refractivity contribution in [2.24, 2.45) is 0 Å². The van der Waals surface area contributed by atoms with Gasteiger partial charge in [-0.25, -0.2) is 13.1 Å². The normalized spacial score (nSPS) is 11.3. The van der Waals surface area contributed by atoms with Crippen LogP contribution in [0.15, 0.2) is 29.2 Å². The van der Waals surface area contributed by atoms with Crippen molar-refractivity contribution < 1.29 is 22.7 Å². The van der Waals surface area contributed by atoms with Gasteiger partial charge in [0.15, 0.2) is 5.78 Å². The SMILES string of the molecule is CCCCOCCCNC(=O)CCNS(=O)(=O)c1ccc(C(C)=O)cc1. The lowest BCUT2D eigenvalue weighted by Crippen LogP contribution is -2.31. The van der Waals surface area contributed by atoms with E-state index in [1.165, 1.54) is 31.2 Å². The summed E-state index contributed by atoms with van der Waals surface area (Å²) < 4.78 is 32.0. The molecular weight excluding hydrogens is 356 g/mol. The Labute approximate surface area is 155 Å². The largest absolute Gasteiger partial charge is 0.381 e. The zero-order valence-electron chi connectivity index (χ0n) is 15.4. The lowest BCUT2D eigenvalue weighted by Gasteiger charge is -2.08. The summed E-state index contributed by atoms with van der Waals surface area (Å²) in [6.45, 7) is 5.36. The summed E-state index contributed by atoms with van der Waals surface area (Å²) in [5.74, 6) is -0.345. The number of nitrogens with one attached hydrogen (secondary N) is 2. The molecule has 0 aliphatic rings. The Kier molecular flexibility index (Phi) is 10.1. The van der Waals surface area contributed by atoms with Gasteiger partial charge in [-0.2, -0.15) is 0 Å². The Morgan fingerprint density at radius 2 is 1.69 bits per heavy atom. The van der Waals surface area contributed by atoms with Gasteiger partial charge in [0.25, 0.3) is 0 Å². The first-order chi connectivity index (χ1) is 12.4. The lowest BCUT2D eigenvalue weighted by atomic mass is 10.2. The fraction of sp³-hybridized carbons (Fsp3) is 0.556. The highest BCUT2D eigenvalue weighted by Crippen LogP contribution is 2.10. The van der Waals surface area contributed by atoms with Crippen LogP contribution in [0.25, 0.3) is 0 Å². The Morgan fingerprint density at radius 3 is 2.31 bits per heavy atom. The van der Waals surface area contributed by atoms with Crippen molar-refractivity contribution in [3.8, 4) is 0 Å². The number of Topliss-reactive ketones (excluding diaryl/α,β-unsaturated/α-hetero) is 1. The fourth-order valence-corrected chi connectivity index (χ4v) is 3.12. The molecule has 1 aromatic carbocycles. The van der Waals surface area contributed by atoms with Crippen molar-refractivity contribution in [2.45, 2.75) is 44.4 Å². The zero-order valence-corrected chi connectivity index (χ0v) is 16.2. The molecule has 0 spiro atoms. The van der Waals surface area contributed by atoms with Gasteiger partial charge in [-0.3, -0.25) is 9.59 Å². The summed E-state index contributed by atoms with van der Waals surface area (Å²) in [7, 11) is -3.70. The van der Waals surface area contributed by atoms with Crippen LogP contribution in [0.2, 0.25) is 0 Å². The molecule has 8 heteroatoms. The van der Waals surface area contributed by atoms with Crippen molar-refractivity contribution in [2.75, 3.05) is 26.3 Å². The monoisotopic (exact) mass is 384 g/mol. The van der Waals surface area contributed by atoms with E-state index < -0.39 is 10.0 Å². The predicted octanol–water partition coefficient (Wildman–Crippen LogP) is 1.88. The van der Waals surface area contributed by atoms with Crippen molar-refractivity contribution in [3.63, 3.8) is 0 Å². The van der Waals surface area contributed by atoms with Crippen LogP contribution in [0.1, 0.15) is 49.9 Å². The summed E-state index contributed by atoms with van der Waals surface area (Å²) in [4.78, 5) is 23.0. The molecule has 0 aliphatic carbocycles. The van der Waals surface area contributed by atoms with Gasteiger partial charge in [0.1, 0.15) is 0 Å². The van der Waals surface area contributed by atoms with Crippen LogP contribution in [-0.4, -0.2) is 46.4 Å². The maximum atomic E-state index is 12.1. The molecule has 26 heavy (non-hydrogen) atoms. The van der Waals surface area contributed by atoms with Crippen LogP contribution < -0.4 is 10.0 Å². The van der Waals surface area contributed by atoms with Crippen molar-refractivity contribution in [1.82, 2.24) is 10.0 Å². The van der Waals surface area contributed by atoms with Gasteiger partial charge in [-0.1, -0.05) is 25.5 Å². The summed E-state index contributed by atoms with van der Waals surface area (Å²) in [6, 6.07) is 5.67. The maximum Gasteiger partial charge on any atom is 0.240 e. The molecule has 146 valence electrons. The lowest BCUT2D eigenvalue weighted by molar-refractivity contribution is -0.120. The van der Waals surface area contributed by atoms with Gasteiger partial charge >= 0.3 is 0 Å². The van der Waals surface area contributed by atoms with E-state index in [2.05, 4.69) is 17.0 Å². The van der Waals surface area contributed by atoms with Crippen molar-refractivity contribution in [1.29, 1.82) is 0 Å². The molecule has 0 radical (unpaired) electrons. The molecule has 0 aromatic heterocycles. The third-order valence-electron chi connectivity index (χ3n) is 3.65. The number of ether oxygens (including phenoxy) is 1. The Hall–Kier alpha value is -1.77. The molecular formula is C18H28N2O5S. The molecule has 0 unspecified atom stereocenters. The van der Waals surface area contributed by atoms with Crippen LogP contribution in [-0.2, 0) is 19.6 Å². The second-order valence-electron chi connectivity index (χ2n) is 5.90. The first-order valence-corrected chi connectivity index (χ1v) is 10.3. The number of amides is 1. The van der Waals surface area contributed by atoms with E-state index in [4.69, 9.17) is 4.74 Å². The average Bonchev–Trinajstić information content (AvgIpc) is 2.61. The molecule has 1 aromatic rings. The molecule has 0 saturated heterocycles. The van der Waals surface area contributed by atoms with E-state index in [-0.39, 0.29) is 29.6 Å². The fourth-order valence-electron chi connectivity index (χ4n) is 2.09. The number of benzene rings is 1. The van der Waals surface area contributed by atoms with Crippen LogP contribution in [0.4, 0.5) is 0 Å². The Bertz CT molecular complexity index is 671. The highest BCUT2D eigenvalue weighted by atomic mass is 32.2. The van der Waals surface area contributed by atoms with E-state index in [1.807, 2.05) is 0 Å². The molecule has 0 saturated carbocycles. The molecule has 0 bridgehead atoms. The molecule has 2 N–H and O–H groups in total. The van der Waals surface area contributed by atoms with E-state index >= 15 is 0 Å². The number of sulfonamides is 1. The van der Waals surface area contributed by atoms with Gasteiger partial charge in [-0.15, -0.1) is 0 Å². The number of ketones is 1. The number of carbonyl (C=O) groups is 2. The van der Waals surface area contributed by atoms with Gasteiger partial charge in [-0.05, 0) is 31.9 Å². The van der Waals surface area contributed by atoms with Crippen LogP contribution in [0.3, 0.4) is 0 Å².